The van der Waals surface area contributed by atoms with Crippen molar-refractivity contribution in [1.82, 2.24) is 9.88 Å². The molecule has 0 spiro atoms. The zero-order chi connectivity index (χ0) is 13.0. The minimum absolute atomic E-state index is 0.373. The number of nitrogens with zero attached hydrogens (tertiary/aromatic N) is 2. The number of likely N-dealkylation sites (N-methyl/N-ethyl adjacent to an activating group) is 1. The van der Waals surface area contributed by atoms with E-state index in [9.17, 15) is 0 Å². The molecule has 0 radical (unpaired) electrons. The normalized spacial score (nSPS) is 24.0. The molecule has 2 rings (SSSR count). The third-order valence-corrected chi connectivity index (χ3v) is 4.77. The lowest BCUT2D eigenvalue weighted by atomic mass is 10.1. The standard InChI is InChI=1S/C13H21ClN2OS/c1-10-12(5-7-17-10)16(2)6-3-4-13-15-11(8-14)9-18-13/h9-10,12H,3-8H2,1-2H3. The Bertz CT molecular complexity index is 372. The van der Waals surface area contributed by atoms with E-state index in [2.05, 4.69) is 29.2 Å². The zero-order valence-electron chi connectivity index (χ0n) is 11.1. The number of aromatic nitrogens is 1. The third kappa shape index (κ3) is 3.67. The summed E-state index contributed by atoms with van der Waals surface area (Å²) in [5, 5.41) is 3.26. The van der Waals surface area contributed by atoms with Crippen molar-refractivity contribution in [3.8, 4) is 0 Å². The van der Waals surface area contributed by atoms with E-state index in [1.54, 1.807) is 11.3 Å². The Hall–Kier alpha value is -0.160. The highest BCUT2D eigenvalue weighted by Crippen LogP contribution is 2.19. The van der Waals surface area contributed by atoms with E-state index >= 15 is 0 Å². The molecule has 1 saturated heterocycles. The summed E-state index contributed by atoms with van der Waals surface area (Å²) in [5.41, 5.74) is 1.00. The lowest BCUT2D eigenvalue weighted by Gasteiger charge is -2.26. The first kappa shape index (κ1) is 14.3. The highest BCUT2D eigenvalue weighted by molar-refractivity contribution is 7.09. The molecule has 2 atom stereocenters. The van der Waals surface area contributed by atoms with Gasteiger partial charge in [-0.1, -0.05) is 0 Å². The summed E-state index contributed by atoms with van der Waals surface area (Å²) < 4.78 is 5.60. The number of ether oxygens (including phenoxy) is 1. The van der Waals surface area contributed by atoms with Crippen molar-refractivity contribution in [2.24, 2.45) is 0 Å². The fraction of sp³-hybridized carbons (Fsp3) is 0.769. The monoisotopic (exact) mass is 288 g/mol. The lowest BCUT2D eigenvalue weighted by Crippen LogP contribution is -2.37. The van der Waals surface area contributed by atoms with Crippen molar-refractivity contribution < 1.29 is 4.74 Å². The first-order chi connectivity index (χ1) is 8.70. The van der Waals surface area contributed by atoms with Crippen molar-refractivity contribution in [2.75, 3.05) is 20.2 Å². The maximum absolute atomic E-state index is 5.75. The van der Waals surface area contributed by atoms with Crippen molar-refractivity contribution in [2.45, 2.75) is 44.2 Å². The van der Waals surface area contributed by atoms with Crippen molar-refractivity contribution in [1.29, 1.82) is 0 Å². The minimum Gasteiger partial charge on any atom is -0.377 e. The number of aryl methyl sites for hydroxylation is 1. The Morgan fingerprint density at radius 1 is 1.61 bits per heavy atom. The summed E-state index contributed by atoms with van der Waals surface area (Å²) in [6.07, 6.45) is 3.73. The van der Waals surface area contributed by atoms with Gasteiger partial charge in [0, 0.05) is 24.4 Å². The molecule has 1 aliphatic heterocycles. The van der Waals surface area contributed by atoms with Crippen LogP contribution in [0.3, 0.4) is 0 Å². The summed E-state index contributed by atoms with van der Waals surface area (Å²) >= 11 is 7.47. The first-order valence-corrected chi connectivity index (χ1v) is 7.93. The van der Waals surface area contributed by atoms with Gasteiger partial charge in [-0.25, -0.2) is 4.98 Å². The maximum Gasteiger partial charge on any atom is 0.0929 e. The summed E-state index contributed by atoms with van der Waals surface area (Å²) in [6.45, 7) is 4.18. The zero-order valence-corrected chi connectivity index (χ0v) is 12.6. The predicted octanol–water partition coefficient (Wildman–Crippen LogP) is 2.92. The number of hydrogen-bond acceptors (Lipinski definition) is 4. The molecule has 0 saturated carbocycles. The third-order valence-electron chi connectivity index (χ3n) is 3.54. The Morgan fingerprint density at radius 3 is 3.06 bits per heavy atom. The average molecular weight is 289 g/mol. The molecular formula is C13H21ClN2OS. The highest BCUT2D eigenvalue weighted by atomic mass is 35.5. The molecule has 1 aliphatic rings. The first-order valence-electron chi connectivity index (χ1n) is 6.52. The van der Waals surface area contributed by atoms with E-state index in [4.69, 9.17) is 16.3 Å². The minimum atomic E-state index is 0.373. The Labute approximate surface area is 118 Å². The van der Waals surface area contributed by atoms with Crippen molar-refractivity contribution in [3.05, 3.63) is 16.1 Å². The van der Waals surface area contributed by atoms with Crippen molar-refractivity contribution >= 4 is 22.9 Å². The molecule has 5 heteroatoms. The number of halogens is 1. The van der Waals surface area contributed by atoms with Gasteiger partial charge in [-0.2, -0.15) is 0 Å². The Morgan fingerprint density at radius 2 is 2.44 bits per heavy atom. The van der Waals surface area contributed by atoms with E-state index in [1.807, 2.05) is 0 Å². The lowest BCUT2D eigenvalue weighted by molar-refractivity contribution is 0.0834. The van der Waals surface area contributed by atoms with Gasteiger partial charge in [-0.05, 0) is 33.4 Å². The van der Waals surface area contributed by atoms with Crippen LogP contribution in [0.15, 0.2) is 5.38 Å². The molecule has 18 heavy (non-hydrogen) atoms. The van der Waals surface area contributed by atoms with Crippen LogP contribution in [0.1, 0.15) is 30.5 Å². The highest BCUT2D eigenvalue weighted by Gasteiger charge is 2.27. The molecule has 1 fully saturated rings. The smallest absolute Gasteiger partial charge is 0.0929 e. The molecule has 102 valence electrons. The second kappa shape index (κ2) is 6.85. The van der Waals surface area contributed by atoms with Crippen LogP contribution in [0.2, 0.25) is 0 Å². The van der Waals surface area contributed by atoms with Crippen LogP contribution in [0, 0.1) is 0 Å². The molecule has 1 aromatic rings. The molecule has 2 heterocycles. The van der Waals surface area contributed by atoms with E-state index < -0.39 is 0 Å². The van der Waals surface area contributed by atoms with Crippen LogP contribution in [0.25, 0.3) is 0 Å². The molecule has 2 unspecified atom stereocenters. The Balaban J connectivity index is 1.71. The van der Waals surface area contributed by atoms with Crippen LogP contribution in [-0.2, 0) is 17.0 Å². The van der Waals surface area contributed by atoms with E-state index in [-0.39, 0.29) is 0 Å². The van der Waals surface area contributed by atoms with Gasteiger partial charge in [-0.3, -0.25) is 0 Å². The van der Waals surface area contributed by atoms with Crippen LogP contribution in [0.4, 0.5) is 0 Å². The van der Waals surface area contributed by atoms with Crippen LogP contribution in [0.5, 0.6) is 0 Å². The van der Waals surface area contributed by atoms with Gasteiger partial charge in [0.2, 0.25) is 0 Å². The number of thiazole rings is 1. The van der Waals surface area contributed by atoms with Gasteiger partial charge >= 0.3 is 0 Å². The van der Waals surface area contributed by atoms with Gasteiger partial charge in [0.1, 0.15) is 0 Å². The van der Waals surface area contributed by atoms with Gasteiger partial charge < -0.3 is 9.64 Å². The van der Waals surface area contributed by atoms with Gasteiger partial charge in [0.25, 0.3) is 0 Å². The molecule has 0 bridgehead atoms. The summed E-state index contributed by atoms with van der Waals surface area (Å²) in [6, 6.07) is 0.583. The fourth-order valence-electron chi connectivity index (χ4n) is 2.47. The van der Waals surface area contributed by atoms with Crippen LogP contribution in [-0.4, -0.2) is 42.2 Å². The van der Waals surface area contributed by atoms with E-state index in [0.29, 0.717) is 18.0 Å². The molecule has 0 aliphatic carbocycles. The van der Waals surface area contributed by atoms with Gasteiger partial charge in [0.05, 0.1) is 22.7 Å². The SMILES string of the molecule is CC1OCCC1N(C)CCCc1nc(CCl)cs1. The predicted molar refractivity (Wildman–Crippen MR) is 76.4 cm³/mol. The van der Waals surface area contributed by atoms with Crippen LogP contribution >= 0.6 is 22.9 Å². The topological polar surface area (TPSA) is 25.4 Å². The fourth-order valence-corrected chi connectivity index (χ4v) is 3.54. The quantitative estimate of drug-likeness (QED) is 0.753. The number of alkyl halides is 1. The van der Waals surface area contributed by atoms with Crippen LogP contribution < -0.4 is 0 Å². The molecular weight excluding hydrogens is 268 g/mol. The second-order valence-electron chi connectivity index (χ2n) is 4.88. The van der Waals surface area contributed by atoms with Crippen molar-refractivity contribution in [3.63, 3.8) is 0 Å². The van der Waals surface area contributed by atoms with Gasteiger partial charge in [0.15, 0.2) is 0 Å². The molecule has 0 amide bonds. The molecule has 3 nitrogen and oxygen atoms in total. The van der Waals surface area contributed by atoms with E-state index in [0.717, 1.165) is 38.1 Å². The largest absolute Gasteiger partial charge is 0.377 e. The van der Waals surface area contributed by atoms with Gasteiger partial charge in [-0.15, -0.1) is 22.9 Å². The maximum atomic E-state index is 5.75. The molecule has 0 aromatic carbocycles. The molecule has 0 N–H and O–H groups in total. The summed E-state index contributed by atoms with van der Waals surface area (Å²) in [5.74, 6) is 0.521. The number of hydrogen-bond donors (Lipinski definition) is 0. The van der Waals surface area contributed by atoms with E-state index in [1.165, 1.54) is 5.01 Å². The second-order valence-corrected chi connectivity index (χ2v) is 6.09. The summed E-state index contributed by atoms with van der Waals surface area (Å²) in [4.78, 5) is 6.91. The number of rotatable bonds is 6. The Kier molecular flexibility index (Phi) is 5.42. The molecule has 1 aromatic heterocycles. The summed E-state index contributed by atoms with van der Waals surface area (Å²) in [7, 11) is 2.20. The average Bonchev–Trinajstić information content (AvgIpc) is 2.97.